The molecule has 1 amide bonds. The van der Waals surface area contributed by atoms with Gasteiger partial charge in [-0.3, -0.25) is 4.79 Å². The number of ether oxygens (including phenoxy) is 1. The first kappa shape index (κ1) is 31.0. The van der Waals surface area contributed by atoms with Crippen LogP contribution >= 0.6 is 0 Å². The minimum Gasteiger partial charge on any atom is -0.493 e. The van der Waals surface area contributed by atoms with Gasteiger partial charge in [0.15, 0.2) is 0 Å². The van der Waals surface area contributed by atoms with Gasteiger partial charge in [0, 0.05) is 49.0 Å². The van der Waals surface area contributed by atoms with Crippen molar-refractivity contribution < 1.29 is 23.1 Å². The van der Waals surface area contributed by atoms with Crippen LogP contribution in [0.5, 0.6) is 5.75 Å². The largest absolute Gasteiger partial charge is 0.493 e. The van der Waals surface area contributed by atoms with Crippen LogP contribution in [-0.2, 0) is 14.6 Å². The third kappa shape index (κ3) is 7.95. The van der Waals surface area contributed by atoms with Crippen molar-refractivity contribution in [2.75, 3.05) is 31.7 Å². The summed E-state index contributed by atoms with van der Waals surface area (Å²) in [4.78, 5) is 24.2. The average molecular weight is 607 g/mol. The van der Waals surface area contributed by atoms with E-state index in [0.29, 0.717) is 30.4 Å². The van der Waals surface area contributed by atoms with Crippen LogP contribution in [-0.4, -0.2) is 76.2 Å². The molecule has 1 aliphatic carbocycles. The monoisotopic (exact) mass is 606 g/mol. The van der Waals surface area contributed by atoms with E-state index in [2.05, 4.69) is 16.8 Å². The molecule has 230 valence electrons. The zero-order chi connectivity index (χ0) is 30.6. The normalized spacial score (nSPS) is 20.0. The van der Waals surface area contributed by atoms with Gasteiger partial charge < -0.3 is 19.3 Å². The van der Waals surface area contributed by atoms with Crippen molar-refractivity contribution in [2.45, 2.75) is 64.4 Å². The molecule has 2 fully saturated rings. The number of hydrogen-bond donors (Lipinski definition) is 1. The van der Waals surface area contributed by atoms with Gasteiger partial charge in [0.25, 0.3) is 0 Å². The van der Waals surface area contributed by atoms with Gasteiger partial charge in [0.2, 0.25) is 11.7 Å². The van der Waals surface area contributed by atoms with Gasteiger partial charge in [-0.15, -0.1) is 0 Å². The van der Waals surface area contributed by atoms with Crippen molar-refractivity contribution in [1.29, 1.82) is 0 Å². The van der Waals surface area contributed by atoms with Gasteiger partial charge in [-0.2, -0.15) is 0 Å². The third-order valence-electron chi connectivity index (χ3n) is 8.77. The number of piperidine rings is 1. The molecule has 3 aromatic rings. The smallest absolute Gasteiger partial charge is 0.225 e. The predicted octanol–water partition coefficient (Wildman–Crippen LogP) is 4.40. The summed E-state index contributed by atoms with van der Waals surface area (Å²) in [5, 5.41) is 11.2. The Labute approximate surface area is 254 Å². The van der Waals surface area contributed by atoms with Gasteiger partial charge >= 0.3 is 0 Å². The fraction of sp³-hybridized carbons (Fsp3) is 0.545. The quantitative estimate of drug-likeness (QED) is 0.299. The van der Waals surface area contributed by atoms with Crippen molar-refractivity contribution in [1.82, 2.24) is 19.4 Å². The Morgan fingerprint density at radius 1 is 1.09 bits per heavy atom. The van der Waals surface area contributed by atoms with E-state index in [4.69, 9.17) is 9.72 Å². The fourth-order valence-corrected chi connectivity index (χ4v) is 6.87. The van der Waals surface area contributed by atoms with Gasteiger partial charge in [-0.05, 0) is 94.9 Å². The molecule has 0 radical (unpaired) electrons. The summed E-state index contributed by atoms with van der Waals surface area (Å²) in [6.07, 6.45) is 10.5. The van der Waals surface area contributed by atoms with Crippen molar-refractivity contribution in [3.05, 3.63) is 48.5 Å². The van der Waals surface area contributed by atoms with Crippen LogP contribution in [0.25, 0.3) is 16.7 Å². The molecule has 1 aliphatic heterocycles. The van der Waals surface area contributed by atoms with Crippen molar-refractivity contribution in [3.63, 3.8) is 0 Å². The Bertz CT molecular complexity index is 1600. The maximum absolute atomic E-state index is 13.1. The zero-order valence-electron chi connectivity index (χ0n) is 25.3. The number of nitrogens with zero attached hydrogens (tertiary/aromatic N) is 4. The first-order valence-corrected chi connectivity index (χ1v) is 17.3. The molecular formula is C33H42N4O5S. The number of aromatic nitrogens is 3. The van der Waals surface area contributed by atoms with Crippen LogP contribution in [0, 0.1) is 29.6 Å². The number of likely N-dealkylation sites (tertiary alicyclic amines) is 1. The Morgan fingerprint density at radius 2 is 1.84 bits per heavy atom. The maximum atomic E-state index is 13.1. The minimum absolute atomic E-state index is 0.0619. The van der Waals surface area contributed by atoms with Crippen molar-refractivity contribution in [3.8, 4) is 23.4 Å². The minimum atomic E-state index is -3.02. The van der Waals surface area contributed by atoms with E-state index in [-0.39, 0.29) is 29.4 Å². The van der Waals surface area contributed by atoms with Gasteiger partial charge in [0.05, 0.1) is 23.5 Å². The molecule has 2 aliphatic rings. The Balaban J connectivity index is 1.17. The number of benzene rings is 1. The molecule has 0 bridgehead atoms. The molecule has 43 heavy (non-hydrogen) atoms. The van der Waals surface area contributed by atoms with E-state index in [1.54, 1.807) is 6.20 Å². The summed E-state index contributed by atoms with van der Waals surface area (Å²) in [6, 6.07) is 9.58. The molecular weight excluding hydrogens is 564 g/mol. The molecule has 0 unspecified atom stereocenters. The number of carbonyl (C=O) groups excluding carboxylic acids is 1. The standard InChI is InChI=1S/C33H42N4O5S/c1-33(2,39)26-15-19-36(20-16-26)32(38)25-11-8-24(9-12-25)10-13-30-34-18-14-31(35-30)37-21-17-27-28(37)6-4-7-29(27)42-22-5-23-43(3,40)41/h4,6-7,14,17-18,21,24-26,39H,5,8-9,11-12,15-16,19-20,22-23H2,1-3H3/t24-,25-. The van der Waals surface area contributed by atoms with Crippen LogP contribution in [0.4, 0.5) is 0 Å². The van der Waals surface area contributed by atoms with Crippen LogP contribution in [0.3, 0.4) is 0 Å². The molecule has 5 rings (SSSR count). The number of rotatable bonds is 8. The highest BCUT2D eigenvalue weighted by Crippen LogP contribution is 2.33. The molecule has 3 heterocycles. The molecule has 1 saturated carbocycles. The number of sulfone groups is 1. The highest BCUT2D eigenvalue weighted by molar-refractivity contribution is 7.90. The summed E-state index contributed by atoms with van der Waals surface area (Å²) in [5.41, 5.74) is 0.235. The van der Waals surface area contributed by atoms with Crippen LogP contribution < -0.4 is 4.74 Å². The number of hydrogen-bond acceptors (Lipinski definition) is 7. The van der Waals surface area contributed by atoms with Gasteiger partial charge in [-0.1, -0.05) is 12.0 Å². The molecule has 1 N–H and O–H groups in total. The van der Waals surface area contributed by atoms with E-state index < -0.39 is 15.4 Å². The number of aliphatic hydroxyl groups is 1. The SMILES string of the molecule is CC(C)(O)C1CCN(C(=O)[C@H]2CC[C@H](C#Cc3nccc(-n4ccc5c(OCCCS(C)(=O)=O)cccc54)n3)CC2)CC1. The zero-order valence-corrected chi connectivity index (χ0v) is 26.1. The fourth-order valence-electron chi connectivity index (χ4n) is 6.23. The molecule has 1 aromatic carbocycles. The first-order valence-electron chi connectivity index (χ1n) is 15.2. The van der Waals surface area contributed by atoms with Gasteiger partial charge in [0.1, 0.15) is 21.4 Å². The summed E-state index contributed by atoms with van der Waals surface area (Å²) in [6.45, 7) is 5.52. The lowest BCUT2D eigenvalue weighted by molar-refractivity contribution is -0.139. The van der Waals surface area contributed by atoms with Crippen molar-refractivity contribution in [2.24, 2.45) is 17.8 Å². The number of fused-ring (bicyclic) bond motifs is 1. The third-order valence-corrected chi connectivity index (χ3v) is 9.80. The van der Waals surface area contributed by atoms with Crippen LogP contribution in [0.2, 0.25) is 0 Å². The topological polar surface area (TPSA) is 115 Å². The Kier molecular flexibility index (Phi) is 9.42. The summed E-state index contributed by atoms with van der Waals surface area (Å²) in [7, 11) is -3.02. The first-order chi connectivity index (χ1) is 20.5. The number of amides is 1. The van der Waals surface area contributed by atoms with E-state index in [1.165, 1.54) is 6.26 Å². The Hall–Kier alpha value is -3.42. The second-order valence-corrected chi connectivity index (χ2v) is 14.8. The van der Waals surface area contributed by atoms with Gasteiger partial charge in [-0.25, -0.2) is 18.4 Å². The molecule has 0 atom stereocenters. The lowest BCUT2D eigenvalue weighted by atomic mass is 9.80. The molecule has 2 aromatic heterocycles. The molecule has 0 spiro atoms. The predicted molar refractivity (Wildman–Crippen MR) is 167 cm³/mol. The van der Waals surface area contributed by atoms with Crippen molar-refractivity contribution >= 4 is 26.6 Å². The lowest BCUT2D eigenvalue weighted by Gasteiger charge is -2.39. The van der Waals surface area contributed by atoms with E-state index in [9.17, 15) is 18.3 Å². The lowest BCUT2D eigenvalue weighted by Crippen LogP contribution is -2.46. The van der Waals surface area contributed by atoms with E-state index in [0.717, 1.165) is 62.5 Å². The highest BCUT2D eigenvalue weighted by atomic mass is 32.2. The molecule has 9 nitrogen and oxygen atoms in total. The Morgan fingerprint density at radius 3 is 2.53 bits per heavy atom. The average Bonchev–Trinajstić information content (AvgIpc) is 3.43. The highest BCUT2D eigenvalue weighted by Gasteiger charge is 2.35. The second-order valence-electron chi connectivity index (χ2n) is 12.5. The summed E-state index contributed by atoms with van der Waals surface area (Å²) in [5.74, 6) is 9.27. The number of carbonyl (C=O) groups is 1. The molecule has 10 heteroatoms. The van der Waals surface area contributed by atoms with Crippen LogP contribution in [0.1, 0.15) is 64.6 Å². The van der Waals surface area contributed by atoms with E-state index >= 15 is 0 Å². The van der Waals surface area contributed by atoms with Crippen LogP contribution in [0.15, 0.2) is 42.7 Å². The van der Waals surface area contributed by atoms with E-state index in [1.807, 2.05) is 59.8 Å². The maximum Gasteiger partial charge on any atom is 0.225 e. The second kappa shape index (κ2) is 13.1. The summed E-state index contributed by atoms with van der Waals surface area (Å²) < 4.78 is 30.7. The molecule has 1 saturated heterocycles. The summed E-state index contributed by atoms with van der Waals surface area (Å²) >= 11 is 0.